The number of aliphatic hydroxyl groups is 1. The fourth-order valence-electron chi connectivity index (χ4n) is 2.73. The Morgan fingerprint density at radius 1 is 1.36 bits per heavy atom. The minimum Gasteiger partial charge on any atom is -0.462 e. The molecule has 0 aromatic heterocycles. The number of nitrogens with zero attached hydrogens (tertiary/aromatic N) is 3. The molecule has 134 valence electrons. The molecule has 1 amide bonds. The van der Waals surface area contributed by atoms with Gasteiger partial charge in [0, 0.05) is 18.3 Å². The topological polar surface area (TPSA) is 134 Å². The van der Waals surface area contributed by atoms with Gasteiger partial charge < -0.3 is 19.9 Å². The van der Waals surface area contributed by atoms with Crippen molar-refractivity contribution in [2.24, 2.45) is 5.11 Å². The van der Waals surface area contributed by atoms with Crippen LogP contribution in [0.4, 0.5) is 4.79 Å². The number of azide groups is 1. The van der Waals surface area contributed by atoms with E-state index in [0.29, 0.717) is 0 Å². The summed E-state index contributed by atoms with van der Waals surface area (Å²) >= 11 is 0. The van der Waals surface area contributed by atoms with Crippen LogP contribution < -0.4 is 5.32 Å². The molecule has 0 unspecified atom stereocenters. The maximum atomic E-state index is 11.9. The molecule has 9 nitrogen and oxygen atoms in total. The van der Waals surface area contributed by atoms with E-state index in [1.54, 1.807) is 0 Å². The van der Waals surface area contributed by atoms with Crippen molar-refractivity contribution < 1.29 is 24.2 Å². The van der Waals surface area contributed by atoms with Crippen LogP contribution in [0.1, 0.15) is 25.3 Å². The molecule has 9 heteroatoms. The Balaban J connectivity index is 1.91. The van der Waals surface area contributed by atoms with Gasteiger partial charge in [-0.25, -0.2) is 4.79 Å². The van der Waals surface area contributed by atoms with Crippen LogP contribution >= 0.6 is 0 Å². The first-order valence-corrected chi connectivity index (χ1v) is 7.86. The number of carbonyl (C=O) groups is 2. The van der Waals surface area contributed by atoms with Gasteiger partial charge in [-0.3, -0.25) is 4.79 Å². The summed E-state index contributed by atoms with van der Waals surface area (Å²) in [5.41, 5.74) is 9.49. The van der Waals surface area contributed by atoms with Crippen LogP contribution in [0.2, 0.25) is 0 Å². The zero-order valence-electron chi connectivity index (χ0n) is 13.7. The van der Waals surface area contributed by atoms with Gasteiger partial charge in [-0.2, -0.15) is 0 Å². The van der Waals surface area contributed by atoms with E-state index in [1.165, 1.54) is 6.92 Å². The normalized spacial score (nSPS) is 25.4. The van der Waals surface area contributed by atoms with Crippen molar-refractivity contribution in [3.8, 4) is 0 Å². The second kappa shape index (κ2) is 8.91. The minimum atomic E-state index is -0.946. The monoisotopic (exact) mass is 348 g/mol. The summed E-state index contributed by atoms with van der Waals surface area (Å²) in [5, 5.41) is 16.3. The molecule has 0 saturated heterocycles. The summed E-state index contributed by atoms with van der Waals surface area (Å²) in [6, 6.07) is 7.84. The van der Waals surface area contributed by atoms with Gasteiger partial charge in [-0.05, 0) is 17.5 Å². The largest absolute Gasteiger partial charge is 0.462 e. The van der Waals surface area contributed by atoms with Gasteiger partial charge in [0.05, 0.1) is 18.2 Å². The van der Waals surface area contributed by atoms with Gasteiger partial charge >= 0.3 is 12.1 Å². The molecule has 2 rings (SSSR count). The molecule has 0 bridgehead atoms. The maximum absolute atomic E-state index is 11.9. The molecular formula is C16H20N4O5. The van der Waals surface area contributed by atoms with Crippen LogP contribution in [0.15, 0.2) is 35.4 Å². The Morgan fingerprint density at radius 3 is 2.72 bits per heavy atom. The summed E-state index contributed by atoms with van der Waals surface area (Å²) in [5.74, 6) is -0.524. The number of hydrogen-bond acceptors (Lipinski definition) is 6. The summed E-state index contributed by atoms with van der Waals surface area (Å²) < 4.78 is 10.2. The summed E-state index contributed by atoms with van der Waals surface area (Å²) in [4.78, 5) is 25.8. The van der Waals surface area contributed by atoms with Crippen LogP contribution in [0.25, 0.3) is 10.4 Å². The lowest BCUT2D eigenvalue weighted by Crippen LogP contribution is -2.53. The molecule has 4 atom stereocenters. The predicted molar refractivity (Wildman–Crippen MR) is 87.3 cm³/mol. The zero-order valence-corrected chi connectivity index (χ0v) is 13.7. The quantitative estimate of drug-likeness (QED) is 0.363. The van der Waals surface area contributed by atoms with Crippen LogP contribution in [0.3, 0.4) is 0 Å². The number of ether oxygens (including phenoxy) is 2. The van der Waals surface area contributed by atoms with Crippen molar-refractivity contribution in [1.82, 2.24) is 5.32 Å². The maximum Gasteiger partial charge on any atom is 0.407 e. The Hall–Kier alpha value is -2.77. The number of nitrogens with one attached hydrogen (secondary N) is 1. The lowest BCUT2D eigenvalue weighted by molar-refractivity contribution is -0.151. The van der Waals surface area contributed by atoms with Crippen molar-refractivity contribution in [2.75, 3.05) is 0 Å². The van der Waals surface area contributed by atoms with Gasteiger partial charge in [0.2, 0.25) is 0 Å². The van der Waals surface area contributed by atoms with E-state index in [1.807, 2.05) is 30.3 Å². The minimum absolute atomic E-state index is 0.0624. The van der Waals surface area contributed by atoms with Crippen molar-refractivity contribution in [2.45, 2.75) is 50.7 Å². The first-order valence-electron chi connectivity index (χ1n) is 7.86. The third-order valence-electron chi connectivity index (χ3n) is 3.90. The number of benzene rings is 1. The first-order chi connectivity index (χ1) is 12.0. The zero-order chi connectivity index (χ0) is 18.2. The molecule has 0 spiro atoms. The molecule has 25 heavy (non-hydrogen) atoms. The molecule has 1 aliphatic carbocycles. The van der Waals surface area contributed by atoms with Gasteiger partial charge in [0.15, 0.2) is 0 Å². The van der Waals surface area contributed by atoms with Gasteiger partial charge in [-0.15, -0.1) is 0 Å². The van der Waals surface area contributed by atoms with E-state index < -0.39 is 36.4 Å². The van der Waals surface area contributed by atoms with Crippen LogP contribution in [0, 0.1) is 0 Å². The summed E-state index contributed by atoms with van der Waals surface area (Å²) in [6.07, 6.45) is -2.14. The van der Waals surface area contributed by atoms with Gasteiger partial charge in [0.25, 0.3) is 0 Å². The molecule has 1 aromatic carbocycles. The van der Waals surface area contributed by atoms with Crippen LogP contribution in [-0.2, 0) is 20.9 Å². The highest BCUT2D eigenvalue weighted by atomic mass is 16.6. The van der Waals surface area contributed by atoms with E-state index in [4.69, 9.17) is 15.0 Å². The molecule has 0 heterocycles. The Labute approximate surface area is 144 Å². The fraction of sp³-hybridized carbons (Fsp3) is 0.500. The van der Waals surface area contributed by atoms with Crippen molar-refractivity contribution in [3.63, 3.8) is 0 Å². The molecule has 0 aliphatic heterocycles. The Morgan fingerprint density at radius 2 is 2.08 bits per heavy atom. The van der Waals surface area contributed by atoms with Crippen molar-refractivity contribution in [3.05, 3.63) is 46.3 Å². The Bertz CT molecular complexity index is 647. The second-order valence-corrected chi connectivity index (χ2v) is 5.77. The van der Waals surface area contributed by atoms with Gasteiger partial charge in [-0.1, -0.05) is 35.4 Å². The van der Waals surface area contributed by atoms with E-state index in [-0.39, 0.29) is 19.4 Å². The van der Waals surface area contributed by atoms with E-state index >= 15 is 0 Å². The molecule has 2 N–H and O–H groups in total. The Kier molecular flexibility index (Phi) is 6.62. The highest BCUT2D eigenvalue weighted by Crippen LogP contribution is 2.25. The first kappa shape index (κ1) is 18.6. The second-order valence-electron chi connectivity index (χ2n) is 5.77. The third kappa shape index (κ3) is 5.66. The smallest absolute Gasteiger partial charge is 0.407 e. The highest BCUT2D eigenvalue weighted by molar-refractivity contribution is 5.68. The van der Waals surface area contributed by atoms with Crippen LogP contribution in [0.5, 0.6) is 0 Å². The lowest BCUT2D eigenvalue weighted by atomic mass is 9.86. The average molecular weight is 348 g/mol. The number of carbonyl (C=O) groups excluding carboxylic acids is 2. The predicted octanol–water partition coefficient (Wildman–Crippen LogP) is 2.05. The van der Waals surface area contributed by atoms with E-state index in [9.17, 15) is 14.7 Å². The summed E-state index contributed by atoms with van der Waals surface area (Å²) in [6.45, 7) is 1.34. The van der Waals surface area contributed by atoms with Gasteiger partial charge in [0.1, 0.15) is 12.7 Å². The number of hydrogen-bond donors (Lipinski definition) is 2. The average Bonchev–Trinajstić information content (AvgIpc) is 2.57. The standard InChI is InChI=1S/C16H20N4O5/c1-10(21)25-15-8-14(22)12(7-13(15)19-20-17)18-16(23)24-9-11-5-3-2-4-6-11/h2-6,12-15,22H,7-9H2,1H3,(H,18,23)/t12-,13+,14-,15+/m0/s1. The molecule has 1 fully saturated rings. The third-order valence-corrected chi connectivity index (χ3v) is 3.90. The SMILES string of the molecule is CC(=O)O[C@@H]1C[C@H](O)[C@@H](NC(=O)OCc2ccccc2)C[C@H]1N=[N+]=[N-]. The number of esters is 1. The number of rotatable bonds is 5. The molecule has 0 radical (unpaired) electrons. The van der Waals surface area contributed by atoms with Crippen molar-refractivity contribution in [1.29, 1.82) is 0 Å². The van der Waals surface area contributed by atoms with E-state index in [0.717, 1.165) is 5.56 Å². The molecule has 1 aromatic rings. The highest BCUT2D eigenvalue weighted by Gasteiger charge is 2.38. The number of aliphatic hydroxyl groups excluding tert-OH is 1. The summed E-state index contributed by atoms with van der Waals surface area (Å²) in [7, 11) is 0. The molecular weight excluding hydrogens is 328 g/mol. The molecule has 1 saturated carbocycles. The number of amides is 1. The molecule has 1 aliphatic rings. The van der Waals surface area contributed by atoms with E-state index in [2.05, 4.69) is 15.3 Å². The number of alkyl carbamates (subject to hydrolysis) is 1. The van der Waals surface area contributed by atoms with Crippen LogP contribution in [-0.4, -0.2) is 41.5 Å². The lowest BCUT2D eigenvalue weighted by Gasteiger charge is -2.36. The van der Waals surface area contributed by atoms with Crippen molar-refractivity contribution >= 4 is 12.1 Å². The fourth-order valence-corrected chi connectivity index (χ4v) is 2.73.